The fourth-order valence-electron chi connectivity index (χ4n) is 3.72. The highest BCUT2D eigenvalue weighted by Crippen LogP contribution is 2.29. The van der Waals surface area contributed by atoms with Crippen molar-refractivity contribution in [3.8, 4) is 5.75 Å². The van der Waals surface area contributed by atoms with Crippen LogP contribution in [0, 0.1) is 5.41 Å². The molecule has 0 radical (unpaired) electrons. The Morgan fingerprint density at radius 1 is 1.32 bits per heavy atom. The third-order valence-electron chi connectivity index (χ3n) is 5.37. The fourth-order valence-corrected chi connectivity index (χ4v) is 4.68. The molecule has 1 atom stereocenters. The summed E-state index contributed by atoms with van der Waals surface area (Å²) in [7, 11) is 1.62. The zero-order chi connectivity index (χ0) is 21.8. The summed E-state index contributed by atoms with van der Waals surface area (Å²) in [6.07, 6.45) is 5.08. The number of halogens is 1. The van der Waals surface area contributed by atoms with E-state index < -0.39 is 0 Å². The maximum Gasteiger partial charge on any atom is 0.261 e. The number of methoxy groups -OCH3 is 1. The first-order chi connectivity index (χ1) is 15.0. The van der Waals surface area contributed by atoms with Crippen molar-refractivity contribution in [2.24, 2.45) is 0 Å². The maximum atomic E-state index is 12.2. The van der Waals surface area contributed by atoms with Crippen LogP contribution in [0.1, 0.15) is 40.1 Å². The van der Waals surface area contributed by atoms with Gasteiger partial charge in [0.25, 0.3) is 5.91 Å². The van der Waals surface area contributed by atoms with Crippen LogP contribution in [0.25, 0.3) is 5.70 Å². The minimum atomic E-state index is -0.314. The lowest BCUT2D eigenvalue weighted by molar-refractivity contribution is 0.0499. The summed E-state index contributed by atoms with van der Waals surface area (Å²) in [5.41, 5.74) is 5.37. The number of rotatable bonds is 6. The van der Waals surface area contributed by atoms with Crippen molar-refractivity contribution in [2.75, 3.05) is 26.7 Å². The second-order valence-corrected chi connectivity index (χ2v) is 9.18. The van der Waals surface area contributed by atoms with Gasteiger partial charge in [-0.3, -0.25) is 20.5 Å². The van der Waals surface area contributed by atoms with Gasteiger partial charge in [0.1, 0.15) is 17.7 Å². The van der Waals surface area contributed by atoms with Crippen LogP contribution in [-0.4, -0.2) is 49.5 Å². The van der Waals surface area contributed by atoms with Gasteiger partial charge in [0.15, 0.2) is 0 Å². The predicted molar refractivity (Wildman–Crippen MR) is 123 cm³/mol. The molecule has 164 valence electrons. The molecular weight excluding hydrogens is 436 g/mol. The zero-order valence-electron chi connectivity index (χ0n) is 17.2. The van der Waals surface area contributed by atoms with Crippen molar-refractivity contribution in [3.63, 3.8) is 0 Å². The summed E-state index contributed by atoms with van der Waals surface area (Å²) >= 11 is 7.13. The van der Waals surface area contributed by atoms with Gasteiger partial charge < -0.3 is 15.0 Å². The summed E-state index contributed by atoms with van der Waals surface area (Å²) in [4.78, 5) is 20.5. The summed E-state index contributed by atoms with van der Waals surface area (Å²) in [5.74, 6) is 1.02. The molecule has 1 saturated heterocycles. The van der Waals surface area contributed by atoms with Gasteiger partial charge in [-0.25, -0.2) is 0 Å². The highest BCUT2D eigenvalue weighted by molar-refractivity contribution is 7.18. The Morgan fingerprint density at radius 2 is 2.13 bits per heavy atom. The molecule has 2 aliphatic heterocycles. The lowest BCUT2D eigenvalue weighted by atomic mass is 10.0. The molecule has 1 unspecified atom stereocenters. The van der Waals surface area contributed by atoms with E-state index >= 15 is 0 Å². The van der Waals surface area contributed by atoms with Crippen molar-refractivity contribution in [1.82, 2.24) is 15.7 Å². The Hall–Kier alpha value is -2.55. The van der Waals surface area contributed by atoms with E-state index in [1.54, 1.807) is 19.2 Å². The molecule has 4 rings (SSSR count). The van der Waals surface area contributed by atoms with Crippen LogP contribution in [0.15, 0.2) is 36.4 Å². The average molecular weight is 461 g/mol. The number of hydrogen-bond donors (Lipinski definition) is 3. The minimum Gasteiger partial charge on any atom is -0.496 e. The van der Waals surface area contributed by atoms with E-state index in [0.29, 0.717) is 27.3 Å². The van der Waals surface area contributed by atoms with Crippen LogP contribution in [0.4, 0.5) is 0 Å². The number of nitrogens with one attached hydrogen (secondary N) is 3. The average Bonchev–Trinajstić information content (AvgIpc) is 3.46. The molecule has 31 heavy (non-hydrogen) atoms. The van der Waals surface area contributed by atoms with Crippen molar-refractivity contribution in [3.05, 3.63) is 56.7 Å². The second-order valence-electron chi connectivity index (χ2n) is 7.46. The van der Waals surface area contributed by atoms with E-state index in [0.717, 1.165) is 42.8 Å². The van der Waals surface area contributed by atoms with E-state index in [1.165, 1.54) is 17.8 Å². The number of nitrogens with zero attached hydrogens (tertiary/aromatic N) is 1. The first-order valence-corrected chi connectivity index (χ1v) is 11.4. The van der Waals surface area contributed by atoms with Crippen molar-refractivity contribution >= 4 is 40.4 Å². The minimum absolute atomic E-state index is 0.180. The van der Waals surface area contributed by atoms with Crippen LogP contribution in [0.2, 0.25) is 4.34 Å². The monoisotopic (exact) mass is 460 g/mol. The fraction of sp³-hybridized carbons (Fsp3) is 0.364. The molecule has 0 bridgehead atoms. The highest BCUT2D eigenvalue weighted by Gasteiger charge is 2.22. The Balaban J connectivity index is 1.42. The molecule has 0 aliphatic carbocycles. The second kappa shape index (κ2) is 9.72. The van der Waals surface area contributed by atoms with Crippen molar-refractivity contribution < 1.29 is 14.4 Å². The summed E-state index contributed by atoms with van der Waals surface area (Å²) in [6.45, 7) is 2.17. The largest absolute Gasteiger partial charge is 0.496 e. The first kappa shape index (κ1) is 21.7. The van der Waals surface area contributed by atoms with Crippen LogP contribution in [0.3, 0.4) is 0 Å². The lowest BCUT2D eigenvalue weighted by Gasteiger charge is -2.29. The molecule has 3 heterocycles. The molecular formula is C22H25ClN4O3S. The molecule has 1 aromatic carbocycles. The molecule has 1 amide bonds. The number of carbonyl (C=O) groups excluding carboxylic acids is 1. The summed E-state index contributed by atoms with van der Waals surface area (Å²) in [5, 5.41) is 11.4. The zero-order valence-corrected chi connectivity index (χ0v) is 18.8. The van der Waals surface area contributed by atoms with Gasteiger partial charge in [-0.2, -0.15) is 0 Å². The van der Waals surface area contributed by atoms with Gasteiger partial charge in [0, 0.05) is 24.2 Å². The van der Waals surface area contributed by atoms with Gasteiger partial charge in [-0.1, -0.05) is 17.7 Å². The quantitative estimate of drug-likeness (QED) is 0.449. The topological polar surface area (TPSA) is 86.7 Å². The standard InChI is InChI=1S/C22H25ClN4O3S/c1-29-18-11-14(21(24)27-9-3-2-4-10-27)5-6-16(18)17-12-15(30-26-17)13-25-22(28)19-7-8-20(23)31-19/h5-8,11-12,15,24,26H,2-4,9-10,13H2,1H3,(H,25,28). The van der Waals surface area contributed by atoms with Crippen LogP contribution >= 0.6 is 22.9 Å². The maximum absolute atomic E-state index is 12.2. The predicted octanol–water partition coefficient (Wildman–Crippen LogP) is 3.90. The number of piperidine rings is 1. The van der Waals surface area contributed by atoms with Crippen molar-refractivity contribution in [2.45, 2.75) is 25.4 Å². The van der Waals surface area contributed by atoms with Gasteiger partial charge >= 0.3 is 0 Å². The van der Waals surface area contributed by atoms with E-state index in [1.807, 2.05) is 24.3 Å². The molecule has 0 spiro atoms. The number of hydrogen-bond acceptors (Lipinski definition) is 6. The van der Waals surface area contributed by atoms with Crippen LogP contribution < -0.4 is 15.5 Å². The molecule has 0 saturated carbocycles. The smallest absolute Gasteiger partial charge is 0.261 e. The number of ether oxygens (including phenoxy) is 1. The number of likely N-dealkylation sites (tertiary alicyclic amines) is 1. The first-order valence-electron chi connectivity index (χ1n) is 10.2. The number of carbonyl (C=O) groups is 1. The Morgan fingerprint density at radius 3 is 2.84 bits per heavy atom. The van der Waals surface area contributed by atoms with E-state index in [-0.39, 0.29) is 12.0 Å². The van der Waals surface area contributed by atoms with Crippen LogP contribution in [0.5, 0.6) is 5.75 Å². The molecule has 3 N–H and O–H groups in total. The third kappa shape index (κ3) is 5.03. The normalized spacial score (nSPS) is 18.3. The van der Waals surface area contributed by atoms with Gasteiger partial charge in [0.2, 0.25) is 0 Å². The molecule has 1 fully saturated rings. The van der Waals surface area contributed by atoms with Gasteiger partial charge in [-0.15, -0.1) is 11.3 Å². The molecule has 1 aromatic heterocycles. The van der Waals surface area contributed by atoms with E-state index in [2.05, 4.69) is 15.7 Å². The molecule has 7 nitrogen and oxygen atoms in total. The number of hydroxylamine groups is 1. The van der Waals surface area contributed by atoms with Crippen LogP contribution in [-0.2, 0) is 4.84 Å². The number of benzene rings is 1. The summed E-state index contributed by atoms with van der Waals surface area (Å²) in [6, 6.07) is 9.17. The Labute approximate surface area is 190 Å². The van der Waals surface area contributed by atoms with E-state index in [4.69, 9.17) is 26.6 Å². The summed E-state index contributed by atoms with van der Waals surface area (Å²) < 4.78 is 6.18. The molecule has 9 heteroatoms. The molecule has 2 aromatic rings. The highest BCUT2D eigenvalue weighted by atomic mass is 35.5. The third-order valence-corrected chi connectivity index (χ3v) is 6.60. The Kier molecular flexibility index (Phi) is 6.80. The number of amidine groups is 1. The SMILES string of the molecule is COc1cc(C(=N)N2CCCCC2)ccc1C1=CC(CNC(=O)c2ccc(Cl)s2)ON1. The van der Waals surface area contributed by atoms with E-state index in [9.17, 15) is 4.79 Å². The molecule has 2 aliphatic rings. The van der Waals surface area contributed by atoms with Gasteiger partial charge in [-0.05, 0) is 49.6 Å². The van der Waals surface area contributed by atoms with Gasteiger partial charge in [0.05, 0.1) is 28.6 Å². The lowest BCUT2D eigenvalue weighted by Crippen LogP contribution is -2.35. The van der Waals surface area contributed by atoms with Crippen molar-refractivity contribution in [1.29, 1.82) is 5.41 Å². The number of thiophene rings is 1. The number of amides is 1. The Bertz CT molecular complexity index is 1000.